The van der Waals surface area contributed by atoms with Gasteiger partial charge in [-0.2, -0.15) is 0 Å². The molecule has 19 heavy (non-hydrogen) atoms. The molecule has 0 saturated heterocycles. The van der Waals surface area contributed by atoms with Gasteiger partial charge in [-0.25, -0.2) is 4.98 Å². The Balaban J connectivity index is 2.08. The molecule has 1 aromatic heterocycles. The van der Waals surface area contributed by atoms with Gasteiger partial charge in [0.05, 0.1) is 0 Å². The van der Waals surface area contributed by atoms with Crippen molar-refractivity contribution in [2.75, 3.05) is 37.8 Å². The van der Waals surface area contributed by atoms with Gasteiger partial charge in [-0.15, -0.1) is 0 Å². The number of nitrogens with zero attached hydrogens (tertiary/aromatic N) is 3. The van der Waals surface area contributed by atoms with Crippen LogP contribution < -0.4 is 10.6 Å². The molecule has 1 fully saturated rings. The number of carbonyl (C=O) groups excluding carboxylic acids is 1. The minimum absolute atomic E-state index is 0.00181. The average molecular weight is 282 g/mol. The molecule has 1 amide bonds. The molecular formula is C13H22N4OS. The van der Waals surface area contributed by atoms with Crippen molar-refractivity contribution < 1.29 is 4.79 Å². The molecule has 1 aliphatic rings. The summed E-state index contributed by atoms with van der Waals surface area (Å²) in [6.07, 6.45) is 3.52. The molecular weight excluding hydrogens is 260 g/mol. The molecule has 2 rings (SSSR count). The van der Waals surface area contributed by atoms with Gasteiger partial charge < -0.3 is 15.5 Å². The van der Waals surface area contributed by atoms with Crippen LogP contribution in [0.15, 0.2) is 0 Å². The lowest BCUT2D eigenvalue weighted by Gasteiger charge is -2.15. The topological polar surface area (TPSA) is 62.5 Å². The Morgan fingerprint density at radius 1 is 1.47 bits per heavy atom. The summed E-state index contributed by atoms with van der Waals surface area (Å²) in [4.78, 5) is 21.0. The van der Waals surface area contributed by atoms with Crippen LogP contribution in [0, 0.1) is 5.92 Å². The second-order valence-electron chi connectivity index (χ2n) is 5.26. The van der Waals surface area contributed by atoms with Gasteiger partial charge in [0.2, 0.25) is 0 Å². The van der Waals surface area contributed by atoms with E-state index >= 15 is 0 Å². The number of carbonyl (C=O) groups is 1. The minimum atomic E-state index is -0.00181. The van der Waals surface area contributed by atoms with Gasteiger partial charge in [0.15, 0.2) is 5.13 Å². The lowest BCUT2D eigenvalue weighted by atomic mass is 10.3. The van der Waals surface area contributed by atoms with Crippen LogP contribution in [-0.2, 0) is 0 Å². The highest BCUT2D eigenvalue weighted by molar-refractivity contribution is 7.18. The molecule has 2 N–H and O–H groups in total. The van der Waals surface area contributed by atoms with Crippen LogP contribution in [0.25, 0.3) is 0 Å². The van der Waals surface area contributed by atoms with E-state index in [4.69, 9.17) is 5.73 Å². The van der Waals surface area contributed by atoms with Gasteiger partial charge in [-0.05, 0) is 25.2 Å². The smallest absolute Gasteiger partial charge is 0.267 e. The second-order valence-corrected chi connectivity index (χ2v) is 6.24. The largest absolute Gasteiger partial charge is 0.382 e. The monoisotopic (exact) mass is 282 g/mol. The summed E-state index contributed by atoms with van der Waals surface area (Å²) < 4.78 is 0. The molecule has 106 valence electrons. The van der Waals surface area contributed by atoms with Crippen molar-refractivity contribution in [2.24, 2.45) is 5.92 Å². The zero-order valence-electron chi connectivity index (χ0n) is 11.8. The van der Waals surface area contributed by atoms with Crippen LogP contribution >= 0.6 is 11.3 Å². The first-order valence-electron chi connectivity index (χ1n) is 6.75. The lowest BCUT2D eigenvalue weighted by molar-refractivity contribution is 0.0794. The van der Waals surface area contributed by atoms with Crippen LogP contribution in [0.1, 0.15) is 35.9 Å². The van der Waals surface area contributed by atoms with E-state index in [1.807, 2.05) is 19.0 Å². The van der Waals surface area contributed by atoms with Gasteiger partial charge >= 0.3 is 0 Å². The summed E-state index contributed by atoms with van der Waals surface area (Å²) in [5, 5.41) is 0.822. The van der Waals surface area contributed by atoms with Gasteiger partial charge in [0, 0.05) is 27.2 Å². The van der Waals surface area contributed by atoms with Crippen molar-refractivity contribution in [3.8, 4) is 0 Å². The van der Waals surface area contributed by atoms with E-state index in [1.165, 1.54) is 24.2 Å². The molecule has 1 aliphatic carbocycles. The maximum absolute atomic E-state index is 12.3. The van der Waals surface area contributed by atoms with Gasteiger partial charge in [-0.1, -0.05) is 18.3 Å². The molecule has 6 heteroatoms. The number of nitrogen functional groups attached to an aromatic ring is 1. The normalized spacial score (nSPS) is 14.5. The van der Waals surface area contributed by atoms with Crippen LogP contribution in [0.3, 0.4) is 0 Å². The Morgan fingerprint density at radius 2 is 2.16 bits per heavy atom. The molecule has 0 bridgehead atoms. The Hall–Kier alpha value is -1.30. The fraction of sp³-hybridized carbons (Fsp3) is 0.692. The number of amides is 1. The van der Waals surface area contributed by atoms with E-state index in [0.29, 0.717) is 16.6 Å². The second kappa shape index (κ2) is 5.77. The summed E-state index contributed by atoms with van der Waals surface area (Å²) >= 11 is 1.39. The van der Waals surface area contributed by atoms with E-state index in [1.54, 1.807) is 4.90 Å². The maximum Gasteiger partial charge on any atom is 0.267 e. The van der Waals surface area contributed by atoms with E-state index in [9.17, 15) is 4.79 Å². The first kappa shape index (κ1) is 14.1. The number of anilines is 2. The molecule has 5 nitrogen and oxygen atoms in total. The van der Waals surface area contributed by atoms with E-state index < -0.39 is 0 Å². The molecule has 0 aliphatic heterocycles. The van der Waals surface area contributed by atoms with E-state index in [2.05, 4.69) is 11.9 Å². The van der Waals surface area contributed by atoms with Crippen molar-refractivity contribution in [1.82, 2.24) is 9.88 Å². The van der Waals surface area contributed by atoms with E-state index in [-0.39, 0.29) is 5.91 Å². The van der Waals surface area contributed by atoms with Crippen molar-refractivity contribution in [3.05, 3.63) is 4.88 Å². The van der Waals surface area contributed by atoms with Crippen LogP contribution in [0.2, 0.25) is 0 Å². The van der Waals surface area contributed by atoms with Crippen molar-refractivity contribution in [2.45, 2.75) is 26.2 Å². The molecule has 1 heterocycles. The molecule has 0 radical (unpaired) electrons. The molecule has 0 spiro atoms. The van der Waals surface area contributed by atoms with Crippen molar-refractivity contribution >= 4 is 28.2 Å². The Bertz CT molecular complexity index is 455. The zero-order valence-corrected chi connectivity index (χ0v) is 12.7. The Morgan fingerprint density at radius 3 is 2.74 bits per heavy atom. The average Bonchev–Trinajstić information content (AvgIpc) is 3.09. The molecule has 0 atom stereocenters. The molecule has 1 aromatic rings. The van der Waals surface area contributed by atoms with Crippen LogP contribution in [0.5, 0.6) is 0 Å². The van der Waals surface area contributed by atoms with Crippen LogP contribution in [-0.4, -0.2) is 43.0 Å². The zero-order chi connectivity index (χ0) is 14.0. The van der Waals surface area contributed by atoms with Crippen LogP contribution in [0.4, 0.5) is 10.9 Å². The lowest BCUT2D eigenvalue weighted by Crippen LogP contribution is -2.28. The first-order chi connectivity index (χ1) is 9.02. The number of aromatic nitrogens is 1. The standard InChI is InChI=1S/C13H22N4OS/c1-4-7-16(2)13-15-11(14)10(19-13)12(18)17(3)8-9-5-6-9/h9H,4-8,14H2,1-3H3. The molecule has 0 aromatic carbocycles. The van der Waals surface area contributed by atoms with Gasteiger partial charge in [0.1, 0.15) is 10.7 Å². The fourth-order valence-corrected chi connectivity index (χ4v) is 2.98. The number of rotatable bonds is 6. The third-order valence-electron chi connectivity index (χ3n) is 3.30. The summed E-state index contributed by atoms with van der Waals surface area (Å²) in [6.45, 7) is 3.86. The minimum Gasteiger partial charge on any atom is -0.382 e. The number of nitrogens with two attached hydrogens (primary N) is 1. The number of thiazole rings is 1. The van der Waals surface area contributed by atoms with Gasteiger partial charge in [-0.3, -0.25) is 4.79 Å². The Kier molecular flexibility index (Phi) is 4.29. The predicted octanol–water partition coefficient (Wildman–Crippen LogP) is 2.05. The fourth-order valence-electron chi connectivity index (χ4n) is 2.01. The van der Waals surface area contributed by atoms with Crippen molar-refractivity contribution in [3.63, 3.8) is 0 Å². The quantitative estimate of drug-likeness (QED) is 0.867. The van der Waals surface area contributed by atoms with E-state index in [0.717, 1.165) is 24.6 Å². The highest BCUT2D eigenvalue weighted by Crippen LogP contribution is 2.32. The third kappa shape index (κ3) is 3.37. The maximum atomic E-state index is 12.3. The highest BCUT2D eigenvalue weighted by Gasteiger charge is 2.27. The number of hydrogen-bond acceptors (Lipinski definition) is 5. The van der Waals surface area contributed by atoms with Gasteiger partial charge in [0.25, 0.3) is 5.91 Å². The molecule has 0 unspecified atom stereocenters. The Labute approximate surface area is 118 Å². The first-order valence-corrected chi connectivity index (χ1v) is 7.57. The third-order valence-corrected chi connectivity index (χ3v) is 4.47. The summed E-state index contributed by atoms with van der Waals surface area (Å²) in [7, 11) is 3.82. The molecule has 1 saturated carbocycles. The number of hydrogen-bond donors (Lipinski definition) is 1. The SMILES string of the molecule is CCCN(C)c1nc(N)c(C(=O)N(C)CC2CC2)s1. The summed E-state index contributed by atoms with van der Waals surface area (Å²) in [6, 6.07) is 0. The van der Waals surface area contributed by atoms with Crippen molar-refractivity contribution in [1.29, 1.82) is 0 Å². The predicted molar refractivity (Wildman–Crippen MR) is 79.8 cm³/mol. The summed E-state index contributed by atoms with van der Waals surface area (Å²) in [5.41, 5.74) is 5.89. The highest BCUT2D eigenvalue weighted by atomic mass is 32.1. The summed E-state index contributed by atoms with van der Waals surface area (Å²) in [5.74, 6) is 1.04.